The van der Waals surface area contributed by atoms with Crippen molar-refractivity contribution in [1.29, 1.82) is 0 Å². The molecule has 0 saturated heterocycles. The fourth-order valence-corrected chi connectivity index (χ4v) is 3.55. The van der Waals surface area contributed by atoms with Gasteiger partial charge in [0.1, 0.15) is 0 Å². The number of imidazole rings is 1. The zero-order chi connectivity index (χ0) is 17.5. The molecule has 0 bridgehead atoms. The number of pyridine rings is 1. The van der Waals surface area contributed by atoms with Crippen molar-refractivity contribution in [3.63, 3.8) is 0 Å². The second-order valence-corrected chi connectivity index (χ2v) is 6.47. The van der Waals surface area contributed by atoms with E-state index in [1.165, 1.54) is 5.57 Å². The number of carbonyl (C=O) groups is 1. The molecule has 0 fully saturated rings. The Bertz CT molecular complexity index is 1150. The largest absolute Gasteiger partial charge is 0.359 e. The van der Waals surface area contributed by atoms with E-state index in [1.807, 2.05) is 47.6 Å². The quantitative estimate of drug-likeness (QED) is 0.586. The van der Waals surface area contributed by atoms with E-state index < -0.39 is 0 Å². The van der Waals surface area contributed by atoms with Crippen LogP contribution in [0.3, 0.4) is 0 Å². The van der Waals surface area contributed by atoms with E-state index in [1.54, 1.807) is 6.33 Å². The molecule has 2 N–H and O–H groups in total. The zero-order valence-electron chi connectivity index (χ0n) is 14.1. The lowest BCUT2D eigenvalue weighted by molar-refractivity contribution is 0.0773. The Morgan fingerprint density at radius 1 is 1.12 bits per heavy atom. The summed E-state index contributed by atoms with van der Waals surface area (Å²) in [6.45, 7) is 1.31. The molecule has 26 heavy (non-hydrogen) atoms. The van der Waals surface area contributed by atoms with Crippen LogP contribution in [-0.2, 0) is 0 Å². The minimum atomic E-state index is 0.0499. The van der Waals surface area contributed by atoms with Crippen LogP contribution in [-0.4, -0.2) is 43.8 Å². The third-order valence-corrected chi connectivity index (χ3v) is 4.94. The van der Waals surface area contributed by atoms with Gasteiger partial charge in [-0.15, -0.1) is 0 Å². The number of amides is 1. The van der Waals surface area contributed by atoms with Crippen molar-refractivity contribution in [1.82, 2.24) is 24.8 Å². The van der Waals surface area contributed by atoms with E-state index >= 15 is 0 Å². The molecule has 6 nitrogen and oxygen atoms in total. The number of fused-ring (bicyclic) bond motifs is 2. The monoisotopic (exact) mass is 343 g/mol. The molecule has 4 heterocycles. The van der Waals surface area contributed by atoms with E-state index in [9.17, 15) is 4.79 Å². The summed E-state index contributed by atoms with van der Waals surface area (Å²) in [5, 5.41) is 0. The summed E-state index contributed by atoms with van der Waals surface area (Å²) in [5.41, 5.74) is 6.84. The second kappa shape index (κ2) is 5.84. The van der Waals surface area contributed by atoms with Crippen molar-refractivity contribution in [3.05, 3.63) is 66.3 Å². The number of hydrogen-bond acceptors (Lipinski definition) is 3. The first-order valence-electron chi connectivity index (χ1n) is 8.63. The van der Waals surface area contributed by atoms with Crippen LogP contribution in [0.25, 0.3) is 27.6 Å². The normalized spacial score (nSPS) is 14.8. The molecule has 6 heteroatoms. The topological polar surface area (TPSA) is 77.7 Å². The van der Waals surface area contributed by atoms with E-state index in [2.05, 4.69) is 26.0 Å². The first-order chi connectivity index (χ1) is 12.8. The molecule has 0 unspecified atom stereocenters. The number of rotatable bonds is 2. The predicted octanol–water partition coefficient (Wildman–Crippen LogP) is 3.37. The summed E-state index contributed by atoms with van der Waals surface area (Å²) in [6, 6.07) is 9.54. The number of hydrogen-bond donors (Lipinski definition) is 2. The molecule has 0 atom stereocenters. The molecule has 0 aliphatic carbocycles. The minimum absolute atomic E-state index is 0.0499. The summed E-state index contributed by atoms with van der Waals surface area (Å²) < 4.78 is 0. The molecule has 3 aromatic heterocycles. The first kappa shape index (κ1) is 14.9. The molecule has 1 aromatic carbocycles. The van der Waals surface area contributed by atoms with Gasteiger partial charge in [-0.25, -0.2) is 4.98 Å². The summed E-state index contributed by atoms with van der Waals surface area (Å²) in [6.07, 6.45) is 8.41. The number of nitrogens with one attached hydrogen (secondary N) is 2. The number of carbonyl (C=O) groups excluding carboxylic acids is 1. The molecule has 0 saturated carbocycles. The van der Waals surface area contributed by atoms with Crippen LogP contribution >= 0.6 is 0 Å². The molecule has 128 valence electrons. The zero-order valence-corrected chi connectivity index (χ0v) is 14.1. The maximum atomic E-state index is 12.8. The van der Waals surface area contributed by atoms with Crippen molar-refractivity contribution in [2.45, 2.75) is 6.42 Å². The summed E-state index contributed by atoms with van der Waals surface area (Å²) in [5.74, 6) is 0.0499. The van der Waals surface area contributed by atoms with Crippen LogP contribution in [0, 0.1) is 0 Å². The number of nitrogens with zero attached hydrogens (tertiary/aromatic N) is 3. The number of aromatic amines is 2. The molecule has 5 rings (SSSR count). The number of H-pyrrole nitrogens is 2. The molecule has 4 aromatic rings. The third kappa shape index (κ3) is 2.38. The Morgan fingerprint density at radius 3 is 2.96 bits per heavy atom. The van der Waals surface area contributed by atoms with Gasteiger partial charge in [0.15, 0.2) is 0 Å². The average Bonchev–Trinajstić information content (AvgIpc) is 3.34. The molecule has 0 spiro atoms. The molecule has 0 radical (unpaired) electrons. The van der Waals surface area contributed by atoms with Crippen molar-refractivity contribution < 1.29 is 4.79 Å². The Kier molecular flexibility index (Phi) is 3.35. The van der Waals surface area contributed by atoms with Crippen molar-refractivity contribution in [2.75, 3.05) is 13.1 Å². The first-order valence-corrected chi connectivity index (χ1v) is 8.63. The van der Waals surface area contributed by atoms with Gasteiger partial charge < -0.3 is 14.9 Å². The smallest absolute Gasteiger partial charge is 0.254 e. The summed E-state index contributed by atoms with van der Waals surface area (Å²) in [7, 11) is 0. The SMILES string of the molecule is O=C(c1ccc2nc[nH]c2c1)N1CC=C(c2c[nH]c3cccnc23)CC1. The third-order valence-electron chi connectivity index (χ3n) is 4.94. The van der Waals surface area contributed by atoms with Crippen molar-refractivity contribution in [2.24, 2.45) is 0 Å². The van der Waals surface area contributed by atoms with Gasteiger partial charge in [0.2, 0.25) is 0 Å². The van der Waals surface area contributed by atoms with Crippen LogP contribution in [0.2, 0.25) is 0 Å². The van der Waals surface area contributed by atoms with Crippen LogP contribution in [0.15, 0.2) is 55.1 Å². The molecule has 1 aliphatic rings. The van der Waals surface area contributed by atoms with Gasteiger partial charge in [-0.1, -0.05) is 6.08 Å². The maximum absolute atomic E-state index is 12.8. The van der Waals surface area contributed by atoms with E-state index in [-0.39, 0.29) is 5.91 Å². The van der Waals surface area contributed by atoms with Gasteiger partial charge in [0.25, 0.3) is 5.91 Å². The lowest BCUT2D eigenvalue weighted by Crippen LogP contribution is -2.34. The van der Waals surface area contributed by atoms with Crippen LogP contribution in [0.4, 0.5) is 0 Å². The lowest BCUT2D eigenvalue weighted by atomic mass is 10.0. The molecule has 1 amide bonds. The molecular weight excluding hydrogens is 326 g/mol. The molecular formula is C20H17N5O. The summed E-state index contributed by atoms with van der Waals surface area (Å²) >= 11 is 0. The van der Waals surface area contributed by atoms with Gasteiger partial charge >= 0.3 is 0 Å². The summed E-state index contributed by atoms with van der Waals surface area (Å²) in [4.78, 5) is 29.7. The maximum Gasteiger partial charge on any atom is 0.254 e. The highest BCUT2D eigenvalue weighted by atomic mass is 16.2. The van der Waals surface area contributed by atoms with E-state index in [4.69, 9.17) is 0 Å². The van der Waals surface area contributed by atoms with Gasteiger partial charge in [0, 0.05) is 36.6 Å². The van der Waals surface area contributed by atoms with Crippen LogP contribution in [0.5, 0.6) is 0 Å². The van der Waals surface area contributed by atoms with Crippen LogP contribution < -0.4 is 0 Å². The Labute approximate surface area is 149 Å². The van der Waals surface area contributed by atoms with E-state index in [0.717, 1.165) is 34.1 Å². The Hall–Kier alpha value is -3.41. The minimum Gasteiger partial charge on any atom is -0.359 e. The Morgan fingerprint density at radius 2 is 2.08 bits per heavy atom. The fourth-order valence-electron chi connectivity index (χ4n) is 3.55. The van der Waals surface area contributed by atoms with Crippen molar-refractivity contribution >= 4 is 33.5 Å². The van der Waals surface area contributed by atoms with Crippen molar-refractivity contribution in [3.8, 4) is 0 Å². The van der Waals surface area contributed by atoms with Gasteiger partial charge in [0.05, 0.1) is 28.4 Å². The van der Waals surface area contributed by atoms with Gasteiger partial charge in [-0.2, -0.15) is 0 Å². The molecule has 1 aliphatic heterocycles. The number of benzene rings is 1. The van der Waals surface area contributed by atoms with E-state index in [0.29, 0.717) is 18.7 Å². The van der Waals surface area contributed by atoms with Gasteiger partial charge in [-0.3, -0.25) is 9.78 Å². The highest BCUT2D eigenvalue weighted by molar-refractivity contribution is 5.98. The predicted molar refractivity (Wildman–Crippen MR) is 101 cm³/mol. The highest BCUT2D eigenvalue weighted by Gasteiger charge is 2.21. The standard InChI is InChI=1S/C20H17N5O/c26-20(14-3-4-16-18(10-14)24-12-23-16)25-8-5-13(6-9-25)15-11-22-17-2-1-7-21-19(15)17/h1-5,7,10-12,22H,6,8-9H2,(H,23,24). The lowest BCUT2D eigenvalue weighted by Gasteiger charge is -2.26. The van der Waals surface area contributed by atoms with Crippen LogP contribution in [0.1, 0.15) is 22.3 Å². The fraction of sp³-hybridized carbons (Fsp3) is 0.150. The second-order valence-electron chi connectivity index (χ2n) is 6.47. The average molecular weight is 343 g/mol. The number of aromatic nitrogens is 4. The highest BCUT2D eigenvalue weighted by Crippen LogP contribution is 2.28. The van der Waals surface area contributed by atoms with Gasteiger partial charge in [-0.05, 0) is 42.3 Å². The Balaban J connectivity index is 1.39.